The molecule has 2 saturated heterocycles. The van der Waals surface area contributed by atoms with E-state index in [1.54, 1.807) is 6.20 Å². The number of nitrogens with two attached hydrogens (primary N) is 1. The van der Waals surface area contributed by atoms with E-state index in [0.717, 1.165) is 43.1 Å². The molecular weight excluding hydrogens is 380 g/mol. The maximum Gasteiger partial charge on any atom is 0.236 e. The Bertz CT molecular complexity index is 910. The van der Waals surface area contributed by atoms with Gasteiger partial charge in [0.15, 0.2) is 0 Å². The van der Waals surface area contributed by atoms with Crippen LogP contribution in [-0.4, -0.2) is 85.4 Å². The number of carbonyl (C=O) groups excluding carboxylic acids is 1. The summed E-state index contributed by atoms with van der Waals surface area (Å²) in [7, 11) is 0. The highest BCUT2D eigenvalue weighted by Gasteiger charge is 2.23. The summed E-state index contributed by atoms with van der Waals surface area (Å²) in [6, 6.07) is 11.2. The predicted octanol–water partition coefficient (Wildman–Crippen LogP) is 1.31. The highest BCUT2D eigenvalue weighted by Crippen LogP contribution is 2.20. The number of piperazine rings is 1. The van der Waals surface area contributed by atoms with Crippen molar-refractivity contribution in [3.63, 3.8) is 0 Å². The van der Waals surface area contributed by atoms with Gasteiger partial charge in [-0.2, -0.15) is 0 Å². The number of benzene rings is 1. The minimum Gasteiger partial charge on any atom is -0.398 e. The molecule has 2 fully saturated rings. The molecule has 0 bridgehead atoms. The van der Waals surface area contributed by atoms with Crippen LogP contribution in [0.1, 0.15) is 12.6 Å². The fourth-order valence-corrected chi connectivity index (χ4v) is 3.87. The molecule has 2 aliphatic heterocycles. The lowest BCUT2D eigenvalue weighted by Gasteiger charge is -2.36. The Hall–Kier alpha value is -2.97. The first-order valence-electron chi connectivity index (χ1n) is 10.3. The first-order valence-corrected chi connectivity index (χ1v) is 10.3. The van der Waals surface area contributed by atoms with Gasteiger partial charge in [-0.3, -0.25) is 15.1 Å². The fourth-order valence-electron chi connectivity index (χ4n) is 3.87. The van der Waals surface area contributed by atoms with E-state index in [9.17, 15) is 4.79 Å². The number of nitrogen functional groups attached to an aromatic ring is 1. The summed E-state index contributed by atoms with van der Waals surface area (Å²) in [6.45, 7) is 6.31. The van der Waals surface area contributed by atoms with Crippen molar-refractivity contribution in [1.82, 2.24) is 14.8 Å². The van der Waals surface area contributed by atoms with Crippen LogP contribution in [0, 0.1) is 5.41 Å². The summed E-state index contributed by atoms with van der Waals surface area (Å²) in [5.74, 6) is 1.03. The fraction of sp³-hybridized carbons (Fsp3) is 0.409. The molecule has 0 radical (unpaired) electrons. The number of para-hydroxylation sites is 1. The minimum atomic E-state index is 0. The zero-order valence-electron chi connectivity index (χ0n) is 17.1. The second-order valence-corrected chi connectivity index (χ2v) is 7.62. The lowest BCUT2D eigenvalue weighted by molar-refractivity contribution is -0.136. The van der Waals surface area contributed by atoms with Crippen LogP contribution in [0.4, 0.5) is 11.5 Å². The molecule has 30 heavy (non-hydrogen) atoms. The van der Waals surface area contributed by atoms with Crippen LogP contribution in [0.15, 0.2) is 42.6 Å². The molecule has 3 N–H and O–H groups in total. The number of morpholine rings is 1. The Morgan fingerprint density at radius 3 is 2.57 bits per heavy atom. The van der Waals surface area contributed by atoms with Gasteiger partial charge in [0, 0.05) is 63.7 Å². The predicted molar refractivity (Wildman–Crippen MR) is 119 cm³/mol. The Balaban J connectivity index is 0.00000272. The summed E-state index contributed by atoms with van der Waals surface area (Å²) < 4.78 is 5.32. The summed E-state index contributed by atoms with van der Waals surface area (Å²) >= 11 is 0. The standard InChI is InChI=1S/C22H28N6O2.H2/c23-19-4-2-1-3-18(19)22(24)17-5-6-25-20(15-17)27-9-7-26(8-10-27)16-21(29)28-11-13-30-14-12-28;/h1-6,15,24H,7-14,16,23H2;1H. The molecule has 8 nitrogen and oxygen atoms in total. The van der Waals surface area contributed by atoms with Gasteiger partial charge in [0.05, 0.1) is 25.5 Å². The van der Waals surface area contributed by atoms with Crippen molar-refractivity contribution in [3.05, 3.63) is 53.7 Å². The number of hydrogen-bond donors (Lipinski definition) is 2. The Labute approximate surface area is 178 Å². The number of pyridine rings is 1. The van der Waals surface area contributed by atoms with Gasteiger partial charge >= 0.3 is 0 Å². The normalized spacial score (nSPS) is 17.7. The zero-order valence-corrected chi connectivity index (χ0v) is 17.1. The zero-order chi connectivity index (χ0) is 20.9. The van der Waals surface area contributed by atoms with E-state index in [1.807, 2.05) is 41.3 Å². The first-order chi connectivity index (χ1) is 14.6. The van der Waals surface area contributed by atoms with Crippen molar-refractivity contribution >= 4 is 23.1 Å². The molecule has 1 amide bonds. The second-order valence-electron chi connectivity index (χ2n) is 7.62. The van der Waals surface area contributed by atoms with Crippen LogP contribution in [-0.2, 0) is 9.53 Å². The van der Waals surface area contributed by atoms with Crippen molar-refractivity contribution in [2.24, 2.45) is 0 Å². The topological polar surface area (TPSA) is 98.8 Å². The Kier molecular flexibility index (Phi) is 6.25. The molecule has 0 unspecified atom stereocenters. The lowest BCUT2D eigenvalue weighted by Crippen LogP contribution is -2.51. The van der Waals surface area contributed by atoms with Crippen LogP contribution in [0.5, 0.6) is 0 Å². The number of aromatic nitrogens is 1. The van der Waals surface area contributed by atoms with Crippen LogP contribution in [0.3, 0.4) is 0 Å². The minimum absolute atomic E-state index is 0. The van der Waals surface area contributed by atoms with Crippen molar-refractivity contribution in [2.75, 3.05) is 69.7 Å². The molecule has 0 spiro atoms. The molecule has 0 aliphatic carbocycles. The number of nitrogens with zero attached hydrogens (tertiary/aromatic N) is 4. The summed E-state index contributed by atoms with van der Waals surface area (Å²) in [5.41, 5.74) is 8.55. The van der Waals surface area contributed by atoms with Gasteiger partial charge in [-0.25, -0.2) is 4.98 Å². The Morgan fingerprint density at radius 2 is 1.83 bits per heavy atom. The lowest BCUT2D eigenvalue weighted by atomic mass is 10.0. The quantitative estimate of drug-likeness (QED) is 0.570. The van der Waals surface area contributed by atoms with E-state index < -0.39 is 0 Å². The van der Waals surface area contributed by atoms with Crippen LogP contribution < -0.4 is 10.6 Å². The number of rotatable bonds is 5. The highest BCUT2D eigenvalue weighted by molar-refractivity contribution is 6.14. The number of anilines is 2. The van der Waals surface area contributed by atoms with Crippen LogP contribution >= 0.6 is 0 Å². The van der Waals surface area contributed by atoms with E-state index in [4.69, 9.17) is 15.9 Å². The van der Waals surface area contributed by atoms with Crippen LogP contribution in [0.2, 0.25) is 0 Å². The third-order valence-corrected chi connectivity index (χ3v) is 5.68. The summed E-state index contributed by atoms with van der Waals surface area (Å²) in [6.07, 6.45) is 1.74. The molecular formula is C22H30N6O2. The number of hydrogen-bond acceptors (Lipinski definition) is 7. The number of nitrogens with one attached hydrogen (secondary N) is 1. The van der Waals surface area contributed by atoms with Crippen molar-refractivity contribution in [2.45, 2.75) is 0 Å². The molecule has 0 saturated carbocycles. The number of carbonyl (C=O) groups is 1. The van der Waals surface area contributed by atoms with Gasteiger partial charge in [-0.1, -0.05) is 18.2 Å². The van der Waals surface area contributed by atoms with E-state index in [-0.39, 0.29) is 7.33 Å². The molecule has 1 aromatic heterocycles. The van der Waals surface area contributed by atoms with Gasteiger partial charge in [0.2, 0.25) is 5.91 Å². The van der Waals surface area contributed by atoms with E-state index >= 15 is 0 Å². The monoisotopic (exact) mass is 410 g/mol. The first kappa shape index (κ1) is 20.3. The molecule has 0 atom stereocenters. The molecule has 2 aromatic rings. The van der Waals surface area contributed by atoms with E-state index in [1.165, 1.54) is 0 Å². The van der Waals surface area contributed by atoms with Gasteiger partial charge in [0.1, 0.15) is 5.82 Å². The molecule has 2 aliphatic rings. The maximum atomic E-state index is 12.5. The summed E-state index contributed by atoms with van der Waals surface area (Å²) in [4.78, 5) is 23.3. The average molecular weight is 411 g/mol. The third kappa shape index (κ3) is 4.60. The maximum absolute atomic E-state index is 12.5. The number of amides is 1. The van der Waals surface area contributed by atoms with Gasteiger partial charge < -0.3 is 20.3 Å². The van der Waals surface area contributed by atoms with E-state index in [2.05, 4.69) is 14.8 Å². The highest BCUT2D eigenvalue weighted by atomic mass is 16.5. The molecule has 160 valence electrons. The van der Waals surface area contributed by atoms with Crippen molar-refractivity contribution in [1.29, 1.82) is 5.41 Å². The largest absolute Gasteiger partial charge is 0.398 e. The molecule has 3 heterocycles. The van der Waals surface area contributed by atoms with E-state index in [0.29, 0.717) is 44.2 Å². The third-order valence-electron chi connectivity index (χ3n) is 5.68. The molecule has 1 aromatic carbocycles. The van der Waals surface area contributed by atoms with Gasteiger partial charge in [-0.05, 0) is 18.2 Å². The summed E-state index contributed by atoms with van der Waals surface area (Å²) in [5, 5.41) is 8.54. The second kappa shape index (κ2) is 9.23. The Morgan fingerprint density at radius 1 is 1.10 bits per heavy atom. The van der Waals surface area contributed by atoms with Crippen LogP contribution in [0.25, 0.3) is 0 Å². The average Bonchev–Trinajstić information content (AvgIpc) is 2.80. The van der Waals surface area contributed by atoms with Gasteiger partial charge in [-0.15, -0.1) is 0 Å². The molecule has 4 rings (SSSR count). The molecule has 8 heteroatoms. The van der Waals surface area contributed by atoms with Gasteiger partial charge in [0.25, 0.3) is 0 Å². The van der Waals surface area contributed by atoms with Crippen molar-refractivity contribution < 1.29 is 11.0 Å². The smallest absolute Gasteiger partial charge is 0.236 e. The number of ether oxygens (including phenoxy) is 1. The SMILES string of the molecule is N=C(c1ccnc(N2CCN(CC(=O)N3CCOCC3)CC2)c1)c1ccccc1N.[HH]. The van der Waals surface area contributed by atoms with Crippen molar-refractivity contribution in [3.8, 4) is 0 Å².